The highest BCUT2D eigenvalue weighted by atomic mass is 16.6. The van der Waals surface area contributed by atoms with Crippen molar-refractivity contribution in [3.05, 3.63) is 0 Å². The lowest BCUT2D eigenvalue weighted by Crippen LogP contribution is -2.65. The van der Waals surface area contributed by atoms with Crippen LogP contribution in [-0.2, 0) is 4.74 Å². The molecule has 0 radical (unpaired) electrons. The van der Waals surface area contributed by atoms with Crippen LogP contribution >= 0.6 is 0 Å². The van der Waals surface area contributed by atoms with Crippen LogP contribution in [0.25, 0.3) is 0 Å². The van der Waals surface area contributed by atoms with Crippen LogP contribution in [0.4, 0.5) is 4.79 Å². The molecule has 1 aliphatic heterocycles. The van der Waals surface area contributed by atoms with E-state index < -0.39 is 5.60 Å². The molecule has 126 valence electrons. The molecule has 3 aliphatic rings. The maximum absolute atomic E-state index is 12.0. The van der Waals surface area contributed by atoms with Crippen molar-refractivity contribution < 1.29 is 9.53 Å². The molecule has 3 rings (SSSR count). The summed E-state index contributed by atoms with van der Waals surface area (Å²) in [5.74, 6) is 0.858. The second-order valence-electron chi connectivity index (χ2n) is 9.60. The zero-order chi connectivity index (χ0) is 16.3. The molecule has 1 N–H and O–H groups in total. The lowest BCUT2D eigenvalue weighted by molar-refractivity contribution is -0.00281. The summed E-state index contributed by atoms with van der Waals surface area (Å²) in [5.41, 5.74) is 0.412. The van der Waals surface area contributed by atoms with Crippen LogP contribution in [0, 0.1) is 16.7 Å². The number of amides is 1. The van der Waals surface area contributed by atoms with Gasteiger partial charge in [0, 0.05) is 25.2 Å². The topological polar surface area (TPSA) is 41.6 Å². The van der Waals surface area contributed by atoms with E-state index in [4.69, 9.17) is 4.74 Å². The van der Waals surface area contributed by atoms with Crippen LogP contribution < -0.4 is 5.32 Å². The largest absolute Gasteiger partial charge is 0.444 e. The number of hydrogen-bond donors (Lipinski definition) is 1. The normalized spacial score (nSPS) is 37.3. The molecule has 0 aromatic rings. The molecule has 1 saturated heterocycles. The molecule has 4 nitrogen and oxygen atoms in total. The minimum Gasteiger partial charge on any atom is -0.444 e. The summed E-state index contributed by atoms with van der Waals surface area (Å²) in [6.07, 6.45) is 3.92. The highest BCUT2D eigenvalue weighted by Gasteiger charge is 2.59. The van der Waals surface area contributed by atoms with Crippen molar-refractivity contribution >= 4 is 6.09 Å². The van der Waals surface area contributed by atoms with Gasteiger partial charge in [-0.25, -0.2) is 4.79 Å². The molecule has 0 spiro atoms. The van der Waals surface area contributed by atoms with Crippen LogP contribution in [0.3, 0.4) is 0 Å². The Hall–Kier alpha value is -0.770. The number of hydrogen-bond acceptors (Lipinski definition) is 3. The highest BCUT2D eigenvalue weighted by molar-refractivity contribution is 5.69. The second-order valence-corrected chi connectivity index (χ2v) is 9.60. The van der Waals surface area contributed by atoms with Crippen molar-refractivity contribution in [2.75, 3.05) is 13.1 Å². The molecule has 0 aromatic heterocycles. The summed E-state index contributed by atoms with van der Waals surface area (Å²) in [6, 6.07) is 0.998. The van der Waals surface area contributed by atoms with E-state index in [0.29, 0.717) is 22.9 Å². The SMILES string of the molecule is CC(C)(C)OC(=O)N1CC(NC2C(C)(C)[C@H]3CC[C@]2(C)C3)C1. The van der Waals surface area contributed by atoms with E-state index in [1.807, 2.05) is 25.7 Å². The first-order valence-corrected chi connectivity index (χ1v) is 8.75. The van der Waals surface area contributed by atoms with Gasteiger partial charge in [0.2, 0.25) is 0 Å². The number of nitrogens with one attached hydrogen (secondary N) is 1. The molecule has 1 unspecified atom stereocenters. The quantitative estimate of drug-likeness (QED) is 0.850. The van der Waals surface area contributed by atoms with Gasteiger partial charge in [0.15, 0.2) is 0 Å². The summed E-state index contributed by atoms with van der Waals surface area (Å²) in [5, 5.41) is 3.88. The average molecular weight is 308 g/mol. The number of ether oxygens (including phenoxy) is 1. The zero-order valence-corrected chi connectivity index (χ0v) is 15.0. The fourth-order valence-corrected chi connectivity index (χ4v) is 5.01. The smallest absolute Gasteiger partial charge is 0.410 e. The second kappa shape index (κ2) is 4.86. The van der Waals surface area contributed by atoms with Gasteiger partial charge in [-0.1, -0.05) is 20.8 Å². The minimum atomic E-state index is -0.407. The van der Waals surface area contributed by atoms with Gasteiger partial charge in [0.25, 0.3) is 0 Å². The van der Waals surface area contributed by atoms with E-state index in [0.717, 1.165) is 19.0 Å². The summed E-state index contributed by atoms with van der Waals surface area (Å²) in [4.78, 5) is 13.8. The van der Waals surface area contributed by atoms with E-state index in [1.165, 1.54) is 19.3 Å². The average Bonchev–Trinajstić information content (AvgIpc) is 2.74. The maximum atomic E-state index is 12.0. The van der Waals surface area contributed by atoms with Crippen LogP contribution in [0.1, 0.15) is 60.8 Å². The molecule has 22 heavy (non-hydrogen) atoms. The summed E-state index contributed by atoms with van der Waals surface area (Å²) in [7, 11) is 0. The van der Waals surface area contributed by atoms with E-state index >= 15 is 0 Å². The van der Waals surface area contributed by atoms with Gasteiger partial charge in [0.05, 0.1) is 0 Å². The van der Waals surface area contributed by atoms with E-state index in [2.05, 4.69) is 26.1 Å². The van der Waals surface area contributed by atoms with Gasteiger partial charge >= 0.3 is 6.09 Å². The third-order valence-corrected chi connectivity index (χ3v) is 6.21. The fourth-order valence-electron chi connectivity index (χ4n) is 5.01. The predicted octanol–water partition coefficient (Wildman–Crippen LogP) is 3.41. The Morgan fingerprint density at radius 3 is 2.36 bits per heavy atom. The number of nitrogens with zero attached hydrogens (tertiary/aromatic N) is 1. The fraction of sp³-hybridized carbons (Fsp3) is 0.944. The maximum Gasteiger partial charge on any atom is 0.410 e. The number of likely N-dealkylation sites (tertiary alicyclic amines) is 1. The molecule has 2 saturated carbocycles. The summed E-state index contributed by atoms with van der Waals surface area (Å²) >= 11 is 0. The van der Waals surface area contributed by atoms with E-state index in [-0.39, 0.29) is 6.09 Å². The van der Waals surface area contributed by atoms with Crippen molar-refractivity contribution in [2.24, 2.45) is 16.7 Å². The third kappa shape index (κ3) is 2.64. The molecule has 3 atom stereocenters. The van der Waals surface area contributed by atoms with Crippen LogP contribution in [0.2, 0.25) is 0 Å². The summed E-state index contributed by atoms with van der Waals surface area (Å²) in [6.45, 7) is 14.6. The standard InChI is InChI=1S/C18H32N2O2/c1-16(2,3)22-15(21)20-10-13(11-20)19-14-17(4,5)12-7-8-18(14,6)9-12/h12-14,19H,7-11H2,1-6H3/t12-,14?,18+/m0/s1. The Morgan fingerprint density at radius 1 is 1.23 bits per heavy atom. The van der Waals surface area contributed by atoms with Crippen molar-refractivity contribution in [3.63, 3.8) is 0 Å². The number of rotatable bonds is 2. The van der Waals surface area contributed by atoms with Gasteiger partial charge in [-0.3, -0.25) is 0 Å². The van der Waals surface area contributed by atoms with Crippen molar-refractivity contribution in [3.8, 4) is 0 Å². The van der Waals surface area contributed by atoms with Crippen molar-refractivity contribution in [1.29, 1.82) is 0 Å². The third-order valence-electron chi connectivity index (χ3n) is 6.21. The predicted molar refractivity (Wildman–Crippen MR) is 87.7 cm³/mol. The summed E-state index contributed by atoms with van der Waals surface area (Å²) < 4.78 is 5.43. The molecule has 2 bridgehead atoms. The van der Waals surface area contributed by atoms with E-state index in [9.17, 15) is 4.79 Å². The van der Waals surface area contributed by atoms with Gasteiger partial charge in [-0.2, -0.15) is 0 Å². The Labute approximate surface area is 135 Å². The Bertz CT molecular complexity index is 457. The van der Waals surface area contributed by atoms with Gasteiger partial charge in [0.1, 0.15) is 5.60 Å². The van der Waals surface area contributed by atoms with Crippen LogP contribution in [-0.4, -0.2) is 41.8 Å². The zero-order valence-electron chi connectivity index (χ0n) is 15.0. The lowest BCUT2D eigenvalue weighted by atomic mass is 9.68. The van der Waals surface area contributed by atoms with Crippen LogP contribution in [0.15, 0.2) is 0 Å². The molecule has 1 amide bonds. The Balaban J connectivity index is 1.53. The van der Waals surface area contributed by atoms with Crippen LogP contribution in [0.5, 0.6) is 0 Å². The number of carbonyl (C=O) groups is 1. The number of carbonyl (C=O) groups excluding carboxylic acids is 1. The monoisotopic (exact) mass is 308 g/mol. The van der Waals surface area contributed by atoms with Crippen molar-refractivity contribution in [2.45, 2.75) is 78.5 Å². The van der Waals surface area contributed by atoms with E-state index in [1.54, 1.807) is 0 Å². The first kappa shape index (κ1) is 16.1. The first-order valence-electron chi connectivity index (χ1n) is 8.75. The molecular formula is C18H32N2O2. The molecular weight excluding hydrogens is 276 g/mol. The molecule has 4 heteroatoms. The molecule has 2 aliphatic carbocycles. The van der Waals surface area contributed by atoms with Gasteiger partial charge in [-0.15, -0.1) is 0 Å². The van der Waals surface area contributed by atoms with Gasteiger partial charge in [-0.05, 0) is 56.8 Å². The lowest BCUT2D eigenvalue weighted by Gasteiger charge is -2.49. The Morgan fingerprint density at radius 2 is 1.86 bits per heavy atom. The number of fused-ring (bicyclic) bond motifs is 2. The van der Waals surface area contributed by atoms with Crippen molar-refractivity contribution in [1.82, 2.24) is 10.2 Å². The molecule has 0 aromatic carbocycles. The minimum absolute atomic E-state index is 0.177. The first-order chi connectivity index (χ1) is 10.0. The molecule has 3 fully saturated rings. The van der Waals surface area contributed by atoms with Gasteiger partial charge < -0.3 is 15.0 Å². The molecule has 1 heterocycles. The Kier molecular flexibility index (Phi) is 3.56. The highest BCUT2D eigenvalue weighted by Crippen LogP contribution is 2.62.